The minimum Gasteiger partial charge on any atom is -0.494 e. The summed E-state index contributed by atoms with van der Waals surface area (Å²) in [6.07, 6.45) is 6.66. The van der Waals surface area contributed by atoms with Crippen molar-refractivity contribution in [3.05, 3.63) is 90.0 Å². The van der Waals surface area contributed by atoms with Gasteiger partial charge in [-0.1, -0.05) is 56.5 Å². The molecule has 1 N–H and O–H groups in total. The normalized spacial score (nSPS) is 10.5. The molecule has 0 aliphatic heterocycles. The van der Waals surface area contributed by atoms with E-state index in [-0.39, 0.29) is 5.91 Å². The highest BCUT2D eigenvalue weighted by Crippen LogP contribution is 2.18. The van der Waals surface area contributed by atoms with E-state index in [9.17, 15) is 4.79 Å². The van der Waals surface area contributed by atoms with Crippen LogP contribution in [-0.2, 0) is 6.42 Å². The number of carbonyl (C=O) groups is 1. The molecule has 3 aromatic carbocycles. The van der Waals surface area contributed by atoms with E-state index in [1.807, 2.05) is 42.5 Å². The van der Waals surface area contributed by atoms with Crippen LogP contribution in [0.5, 0.6) is 11.5 Å². The number of rotatable bonds is 13. The first-order valence-corrected chi connectivity index (χ1v) is 11.6. The number of anilines is 1. The Morgan fingerprint density at radius 2 is 1.34 bits per heavy atom. The summed E-state index contributed by atoms with van der Waals surface area (Å²) in [6.45, 7) is 3.57. The van der Waals surface area contributed by atoms with E-state index in [4.69, 9.17) is 9.47 Å². The predicted octanol–water partition coefficient (Wildman–Crippen LogP) is 6.91. The monoisotopic (exact) mass is 431 g/mol. The Balaban J connectivity index is 1.39. The van der Waals surface area contributed by atoms with Gasteiger partial charge in [-0.25, -0.2) is 0 Å². The van der Waals surface area contributed by atoms with E-state index in [0.717, 1.165) is 36.4 Å². The van der Waals surface area contributed by atoms with E-state index in [2.05, 4.69) is 36.5 Å². The summed E-state index contributed by atoms with van der Waals surface area (Å²) in [7, 11) is 0. The number of benzene rings is 3. The van der Waals surface area contributed by atoms with Gasteiger partial charge >= 0.3 is 0 Å². The average molecular weight is 432 g/mol. The molecular weight excluding hydrogens is 398 g/mol. The van der Waals surface area contributed by atoms with Crippen molar-refractivity contribution < 1.29 is 14.3 Å². The standard InChI is InChI=1S/C28H33NO3/c1-2-3-4-8-21-31-26-17-13-24(14-18-26)28(30)29-25-15-19-27(20-16-25)32-22-9-12-23-10-6-5-7-11-23/h5-7,10-11,13-20H,2-4,8-9,12,21-22H2,1H3,(H,29,30). The largest absolute Gasteiger partial charge is 0.494 e. The van der Waals surface area contributed by atoms with Crippen LogP contribution in [0.25, 0.3) is 0 Å². The average Bonchev–Trinajstić information content (AvgIpc) is 2.84. The Labute approximate surface area is 191 Å². The van der Waals surface area contributed by atoms with Gasteiger partial charge in [0, 0.05) is 11.3 Å². The molecule has 1 amide bonds. The van der Waals surface area contributed by atoms with Crippen LogP contribution in [0.2, 0.25) is 0 Å². The second-order valence-corrected chi connectivity index (χ2v) is 7.85. The van der Waals surface area contributed by atoms with Crippen LogP contribution in [0.4, 0.5) is 5.69 Å². The molecule has 0 atom stereocenters. The number of unbranched alkanes of at least 4 members (excludes halogenated alkanes) is 3. The smallest absolute Gasteiger partial charge is 0.255 e. The molecule has 3 rings (SSSR count). The molecule has 32 heavy (non-hydrogen) atoms. The lowest BCUT2D eigenvalue weighted by atomic mass is 10.1. The maximum absolute atomic E-state index is 12.5. The Hall–Kier alpha value is -3.27. The van der Waals surface area contributed by atoms with Gasteiger partial charge in [-0.2, -0.15) is 0 Å². The molecule has 0 heterocycles. The van der Waals surface area contributed by atoms with Crippen LogP contribution < -0.4 is 14.8 Å². The second-order valence-electron chi connectivity index (χ2n) is 7.85. The van der Waals surface area contributed by atoms with Crippen LogP contribution in [0, 0.1) is 0 Å². The van der Waals surface area contributed by atoms with Gasteiger partial charge in [-0.05, 0) is 73.4 Å². The van der Waals surface area contributed by atoms with Gasteiger partial charge in [-0.15, -0.1) is 0 Å². The van der Waals surface area contributed by atoms with Gasteiger partial charge in [0.15, 0.2) is 0 Å². The van der Waals surface area contributed by atoms with Gasteiger partial charge < -0.3 is 14.8 Å². The Bertz CT molecular complexity index is 921. The minimum atomic E-state index is -0.143. The van der Waals surface area contributed by atoms with Crippen LogP contribution in [0.15, 0.2) is 78.9 Å². The van der Waals surface area contributed by atoms with Crippen LogP contribution in [0.3, 0.4) is 0 Å². The second kappa shape index (κ2) is 13.2. The number of nitrogens with one attached hydrogen (secondary N) is 1. The van der Waals surface area contributed by atoms with Crippen LogP contribution >= 0.6 is 0 Å². The SMILES string of the molecule is CCCCCCOc1ccc(C(=O)Nc2ccc(OCCCc3ccccc3)cc2)cc1. The molecule has 168 valence electrons. The summed E-state index contributed by atoms with van der Waals surface area (Å²) >= 11 is 0. The highest BCUT2D eigenvalue weighted by Gasteiger charge is 2.07. The Morgan fingerprint density at radius 1 is 0.719 bits per heavy atom. The van der Waals surface area contributed by atoms with Crippen molar-refractivity contribution in [2.45, 2.75) is 45.4 Å². The molecule has 4 nitrogen and oxygen atoms in total. The molecule has 0 unspecified atom stereocenters. The topological polar surface area (TPSA) is 47.6 Å². The lowest BCUT2D eigenvalue weighted by Crippen LogP contribution is -2.11. The van der Waals surface area contributed by atoms with Crippen molar-refractivity contribution in [3.8, 4) is 11.5 Å². The molecule has 4 heteroatoms. The van der Waals surface area contributed by atoms with E-state index in [0.29, 0.717) is 18.8 Å². The number of aryl methyl sites for hydroxylation is 1. The maximum Gasteiger partial charge on any atom is 0.255 e. The van der Waals surface area contributed by atoms with Gasteiger partial charge in [0.1, 0.15) is 11.5 Å². The summed E-state index contributed by atoms with van der Waals surface area (Å²) in [6, 6.07) is 25.2. The van der Waals surface area contributed by atoms with E-state index in [1.54, 1.807) is 12.1 Å². The zero-order valence-electron chi connectivity index (χ0n) is 18.9. The molecule has 0 aromatic heterocycles. The van der Waals surface area contributed by atoms with E-state index in [1.165, 1.54) is 24.8 Å². The molecule has 3 aromatic rings. The van der Waals surface area contributed by atoms with Gasteiger partial charge in [-0.3, -0.25) is 4.79 Å². The van der Waals surface area contributed by atoms with Crippen molar-refractivity contribution >= 4 is 11.6 Å². The zero-order chi connectivity index (χ0) is 22.4. The summed E-state index contributed by atoms with van der Waals surface area (Å²) in [4.78, 5) is 12.5. The summed E-state index contributed by atoms with van der Waals surface area (Å²) in [5.41, 5.74) is 2.66. The fourth-order valence-corrected chi connectivity index (χ4v) is 3.37. The molecule has 0 aliphatic carbocycles. The minimum absolute atomic E-state index is 0.143. The Kier molecular flexibility index (Phi) is 9.66. The fourth-order valence-electron chi connectivity index (χ4n) is 3.37. The predicted molar refractivity (Wildman–Crippen MR) is 131 cm³/mol. The number of carbonyl (C=O) groups excluding carboxylic acids is 1. The van der Waals surface area contributed by atoms with Gasteiger partial charge in [0.2, 0.25) is 0 Å². The molecule has 0 saturated carbocycles. The van der Waals surface area contributed by atoms with E-state index < -0.39 is 0 Å². The first-order chi connectivity index (χ1) is 15.7. The van der Waals surface area contributed by atoms with Crippen molar-refractivity contribution in [2.75, 3.05) is 18.5 Å². The first kappa shape index (κ1) is 23.4. The first-order valence-electron chi connectivity index (χ1n) is 11.6. The number of hydrogen-bond donors (Lipinski definition) is 1. The van der Waals surface area contributed by atoms with Gasteiger partial charge in [0.05, 0.1) is 13.2 Å². The summed E-state index contributed by atoms with van der Waals surface area (Å²) < 4.78 is 11.6. The maximum atomic E-state index is 12.5. The third-order valence-corrected chi connectivity index (χ3v) is 5.22. The number of amides is 1. The third-order valence-electron chi connectivity index (χ3n) is 5.22. The number of ether oxygens (including phenoxy) is 2. The van der Waals surface area contributed by atoms with Gasteiger partial charge in [0.25, 0.3) is 5.91 Å². The molecule has 0 fully saturated rings. The van der Waals surface area contributed by atoms with Crippen molar-refractivity contribution in [2.24, 2.45) is 0 Å². The quantitative estimate of drug-likeness (QED) is 0.299. The van der Waals surface area contributed by atoms with Crippen molar-refractivity contribution in [1.29, 1.82) is 0 Å². The van der Waals surface area contributed by atoms with Crippen LogP contribution in [0.1, 0.15) is 54.9 Å². The zero-order valence-corrected chi connectivity index (χ0v) is 18.9. The van der Waals surface area contributed by atoms with Crippen molar-refractivity contribution in [1.82, 2.24) is 0 Å². The lowest BCUT2D eigenvalue weighted by Gasteiger charge is -2.09. The van der Waals surface area contributed by atoms with E-state index >= 15 is 0 Å². The highest BCUT2D eigenvalue weighted by atomic mass is 16.5. The highest BCUT2D eigenvalue weighted by molar-refractivity contribution is 6.04. The fraction of sp³-hybridized carbons (Fsp3) is 0.321. The molecule has 0 bridgehead atoms. The molecule has 0 radical (unpaired) electrons. The third kappa shape index (κ3) is 8.10. The summed E-state index contributed by atoms with van der Waals surface area (Å²) in [5.74, 6) is 1.46. The Morgan fingerprint density at radius 3 is 2.00 bits per heavy atom. The molecule has 0 spiro atoms. The van der Waals surface area contributed by atoms with Crippen LogP contribution in [-0.4, -0.2) is 19.1 Å². The number of hydrogen-bond acceptors (Lipinski definition) is 3. The molecule has 0 saturated heterocycles. The van der Waals surface area contributed by atoms with Crippen molar-refractivity contribution in [3.63, 3.8) is 0 Å². The molecule has 0 aliphatic rings. The lowest BCUT2D eigenvalue weighted by molar-refractivity contribution is 0.102. The summed E-state index contributed by atoms with van der Waals surface area (Å²) in [5, 5.41) is 2.92. The molecular formula is C28H33NO3.